The molecule has 3 heterocycles. The molecular weight excluding hydrogens is 338 g/mol. The number of anilines is 1. The average molecular weight is 365 g/mol. The molecule has 7 heteroatoms. The molecule has 1 aromatic heterocycles. The number of pyridine rings is 1. The van der Waals surface area contributed by atoms with Crippen molar-refractivity contribution in [3.05, 3.63) is 24.0 Å². The third-order valence-corrected chi connectivity index (χ3v) is 7.24. The first-order valence-corrected chi connectivity index (χ1v) is 10.9. The first-order valence-electron chi connectivity index (χ1n) is 9.11. The Bertz CT molecular complexity index is 718. The average Bonchev–Trinajstić information content (AvgIpc) is 3.00. The molecule has 2 atom stereocenters. The van der Waals surface area contributed by atoms with E-state index in [0.29, 0.717) is 18.2 Å². The quantitative estimate of drug-likeness (QED) is 0.817. The van der Waals surface area contributed by atoms with Gasteiger partial charge in [0.25, 0.3) is 5.91 Å². The number of nitrogens with zero attached hydrogens (tertiary/aromatic N) is 3. The second kappa shape index (κ2) is 7.32. The van der Waals surface area contributed by atoms with Gasteiger partial charge in [0.2, 0.25) is 0 Å². The Balaban J connectivity index is 1.70. The molecule has 2 aliphatic heterocycles. The molecule has 138 valence electrons. The lowest BCUT2D eigenvalue weighted by molar-refractivity contribution is 0.0602. The third-order valence-electron chi connectivity index (χ3n) is 5.49. The predicted molar refractivity (Wildman–Crippen MR) is 98.7 cm³/mol. The number of carbonyl (C=O) groups excluding carboxylic acids is 1. The number of likely N-dealkylation sites (tertiary alicyclic amines) is 1. The molecule has 25 heavy (non-hydrogen) atoms. The summed E-state index contributed by atoms with van der Waals surface area (Å²) >= 11 is 0. The zero-order valence-electron chi connectivity index (χ0n) is 15.0. The first kappa shape index (κ1) is 18.2. The molecule has 0 N–H and O–H groups in total. The Morgan fingerprint density at radius 3 is 2.72 bits per heavy atom. The van der Waals surface area contributed by atoms with Crippen molar-refractivity contribution in [3.8, 4) is 0 Å². The second-order valence-corrected chi connectivity index (χ2v) is 9.35. The summed E-state index contributed by atoms with van der Waals surface area (Å²) in [6.45, 7) is 2.93. The van der Waals surface area contributed by atoms with Gasteiger partial charge in [0, 0.05) is 25.7 Å². The molecule has 1 aromatic rings. The summed E-state index contributed by atoms with van der Waals surface area (Å²) in [5.41, 5.74) is 1.32. The van der Waals surface area contributed by atoms with Crippen molar-refractivity contribution in [2.75, 3.05) is 30.0 Å². The minimum absolute atomic E-state index is 0.00389. The van der Waals surface area contributed by atoms with Crippen molar-refractivity contribution >= 4 is 21.4 Å². The molecule has 2 aliphatic rings. The molecule has 1 amide bonds. The van der Waals surface area contributed by atoms with E-state index in [-0.39, 0.29) is 23.5 Å². The molecule has 0 saturated carbocycles. The van der Waals surface area contributed by atoms with Gasteiger partial charge in [0.1, 0.15) is 5.69 Å². The maximum Gasteiger partial charge on any atom is 0.272 e. The fourth-order valence-corrected chi connectivity index (χ4v) is 5.63. The van der Waals surface area contributed by atoms with Crippen LogP contribution >= 0.6 is 0 Å². The number of hydrogen-bond acceptors (Lipinski definition) is 5. The number of sulfone groups is 1. The number of rotatable bonds is 4. The molecule has 0 spiro atoms. The van der Waals surface area contributed by atoms with Gasteiger partial charge in [-0.25, -0.2) is 13.4 Å². The Kier molecular flexibility index (Phi) is 5.32. The third kappa shape index (κ3) is 3.97. The van der Waals surface area contributed by atoms with E-state index in [9.17, 15) is 13.2 Å². The fraction of sp³-hybridized carbons (Fsp3) is 0.667. The summed E-state index contributed by atoms with van der Waals surface area (Å²) in [5, 5.41) is 0. The highest BCUT2D eigenvalue weighted by Gasteiger charge is 2.31. The van der Waals surface area contributed by atoms with E-state index in [2.05, 4.69) is 11.9 Å². The van der Waals surface area contributed by atoms with Crippen LogP contribution in [0.2, 0.25) is 0 Å². The SMILES string of the molecule is CCC1CCCCN1C(=O)c1ccc(N(C)C2CCS(=O)(=O)C2)cn1. The molecule has 0 radical (unpaired) electrons. The predicted octanol–water partition coefficient (Wildman–Crippen LogP) is 2.11. The number of hydrogen-bond donors (Lipinski definition) is 0. The van der Waals surface area contributed by atoms with Crippen molar-refractivity contribution < 1.29 is 13.2 Å². The van der Waals surface area contributed by atoms with Crippen LogP contribution in [-0.4, -0.2) is 61.4 Å². The summed E-state index contributed by atoms with van der Waals surface area (Å²) in [4.78, 5) is 21.0. The van der Waals surface area contributed by atoms with Crippen molar-refractivity contribution in [1.29, 1.82) is 0 Å². The molecule has 0 bridgehead atoms. The van der Waals surface area contributed by atoms with Crippen LogP contribution in [0.15, 0.2) is 18.3 Å². The molecule has 3 rings (SSSR count). The van der Waals surface area contributed by atoms with E-state index < -0.39 is 9.84 Å². The Hall–Kier alpha value is -1.63. The largest absolute Gasteiger partial charge is 0.369 e. The van der Waals surface area contributed by atoms with E-state index in [4.69, 9.17) is 0 Å². The Morgan fingerprint density at radius 1 is 1.32 bits per heavy atom. The van der Waals surface area contributed by atoms with E-state index >= 15 is 0 Å². The smallest absolute Gasteiger partial charge is 0.272 e. The van der Waals surface area contributed by atoms with Crippen LogP contribution in [0.5, 0.6) is 0 Å². The molecule has 0 aliphatic carbocycles. The van der Waals surface area contributed by atoms with E-state index in [1.165, 1.54) is 6.42 Å². The summed E-state index contributed by atoms with van der Waals surface area (Å²) in [7, 11) is -1.03. The van der Waals surface area contributed by atoms with Crippen molar-refractivity contribution in [3.63, 3.8) is 0 Å². The van der Waals surface area contributed by atoms with E-state index in [0.717, 1.165) is 31.5 Å². The zero-order chi connectivity index (χ0) is 18.0. The standard InChI is InChI=1S/C18H27N3O3S/c1-3-14-6-4-5-10-21(14)18(22)17-8-7-15(12-19-17)20(2)16-9-11-25(23,24)13-16/h7-8,12,14,16H,3-6,9-11,13H2,1-2H3. The lowest BCUT2D eigenvalue weighted by Gasteiger charge is -2.35. The van der Waals surface area contributed by atoms with Crippen LogP contribution < -0.4 is 4.90 Å². The fourth-order valence-electron chi connectivity index (χ4n) is 3.85. The van der Waals surface area contributed by atoms with Crippen LogP contribution in [0.3, 0.4) is 0 Å². The summed E-state index contributed by atoms with van der Waals surface area (Å²) < 4.78 is 23.3. The highest BCUT2D eigenvalue weighted by Crippen LogP contribution is 2.24. The van der Waals surface area contributed by atoms with Gasteiger partial charge < -0.3 is 9.80 Å². The number of aromatic nitrogens is 1. The van der Waals surface area contributed by atoms with Crippen LogP contribution in [0.4, 0.5) is 5.69 Å². The second-order valence-electron chi connectivity index (χ2n) is 7.13. The maximum atomic E-state index is 12.8. The summed E-state index contributed by atoms with van der Waals surface area (Å²) in [6, 6.07) is 3.93. The summed E-state index contributed by atoms with van der Waals surface area (Å²) in [5.74, 6) is 0.444. The summed E-state index contributed by atoms with van der Waals surface area (Å²) in [6.07, 6.45) is 6.61. The van der Waals surface area contributed by atoms with E-state index in [1.807, 2.05) is 22.9 Å². The number of piperidine rings is 1. The molecule has 0 aromatic carbocycles. The topological polar surface area (TPSA) is 70.6 Å². The van der Waals surface area contributed by atoms with Gasteiger partial charge in [-0.2, -0.15) is 0 Å². The van der Waals surface area contributed by atoms with Gasteiger partial charge in [0.15, 0.2) is 9.84 Å². The number of amides is 1. The number of carbonyl (C=O) groups is 1. The first-order chi connectivity index (χ1) is 11.9. The normalized spacial score (nSPS) is 25.8. The van der Waals surface area contributed by atoms with Crippen LogP contribution in [0, 0.1) is 0 Å². The van der Waals surface area contributed by atoms with Gasteiger partial charge in [-0.15, -0.1) is 0 Å². The minimum atomic E-state index is -2.92. The molecule has 6 nitrogen and oxygen atoms in total. The molecule has 2 saturated heterocycles. The maximum absolute atomic E-state index is 12.8. The van der Waals surface area contributed by atoms with Gasteiger partial charge in [-0.3, -0.25) is 4.79 Å². The van der Waals surface area contributed by atoms with Gasteiger partial charge in [-0.1, -0.05) is 6.92 Å². The Morgan fingerprint density at radius 2 is 2.12 bits per heavy atom. The van der Waals surface area contributed by atoms with E-state index in [1.54, 1.807) is 12.3 Å². The lowest BCUT2D eigenvalue weighted by atomic mass is 9.99. The van der Waals surface area contributed by atoms with Crippen LogP contribution in [0.1, 0.15) is 49.5 Å². The highest BCUT2D eigenvalue weighted by molar-refractivity contribution is 7.91. The van der Waals surface area contributed by atoms with Gasteiger partial charge in [0.05, 0.1) is 23.4 Å². The van der Waals surface area contributed by atoms with Crippen molar-refractivity contribution in [2.24, 2.45) is 0 Å². The van der Waals surface area contributed by atoms with Crippen LogP contribution in [0.25, 0.3) is 0 Å². The van der Waals surface area contributed by atoms with Gasteiger partial charge in [-0.05, 0) is 44.2 Å². The minimum Gasteiger partial charge on any atom is -0.369 e. The monoisotopic (exact) mass is 365 g/mol. The zero-order valence-corrected chi connectivity index (χ0v) is 15.8. The van der Waals surface area contributed by atoms with Gasteiger partial charge >= 0.3 is 0 Å². The molecule has 2 fully saturated rings. The lowest BCUT2D eigenvalue weighted by Crippen LogP contribution is -2.43. The van der Waals surface area contributed by atoms with Crippen molar-refractivity contribution in [1.82, 2.24) is 9.88 Å². The highest BCUT2D eigenvalue weighted by atomic mass is 32.2. The molecular formula is C18H27N3O3S. The molecule has 2 unspecified atom stereocenters. The van der Waals surface area contributed by atoms with Crippen LogP contribution in [-0.2, 0) is 9.84 Å². The van der Waals surface area contributed by atoms with Crippen molar-refractivity contribution in [2.45, 2.75) is 51.1 Å². The Labute approximate surface area is 150 Å².